The highest BCUT2D eigenvalue weighted by atomic mass is 16.5. The molecule has 21 heavy (non-hydrogen) atoms. The van der Waals surface area contributed by atoms with Gasteiger partial charge in [0.05, 0.1) is 12.2 Å². The zero-order valence-corrected chi connectivity index (χ0v) is 13.4. The smallest absolute Gasteiger partial charge is 0.221 e. The Morgan fingerprint density at radius 3 is 2.67 bits per heavy atom. The van der Waals surface area contributed by atoms with Gasteiger partial charge in [-0.25, -0.2) is 10.8 Å². The third kappa shape index (κ3) is 3.73. The van der Waals surface area contributed by atoms with Crippen LogP contribution in [0.5, 0.6) is 5.88 Å². The predicted molar refractivity (Wildman–Crippen MR) is 85.2 cm³/mol. The van der Waals surface area contributed by atoms with Gasteiger partial charge >= 0.3 is 0 Å². The third-order valence-electron chi connectivity index (χ3n) is 4.12. The summed E-state index contributed by atoms with van der Waals surface area (Å²) in [5.41, 5.74) is 3.50. The summed E-state index contributed by atoms with van der Waals surface area (Å²) >= 11 is 0. The second-order valence-corrected chi connectivity index (χ2v) is 6.15. The van der Waals surface area contributed by atoms with Crippen molar-refractivity contribution >= 4 is 5.82 Å². The number of nitrogen functional groups attached to an aromatic ring is 1. The van der Waals surface area contributed by atoms with E-state index < -0.39 is 0 Å². The first-order valence-corrected chi connectivity index (χ1v) is 7.65. The molecule has 0 radical (unpaired) electrons. The van der Waals surface area contributed by atoms with Gasteiger partial charge in [0.25, 0.3) is 0 Å². The van der Waals surface area contributed by atoms with Gasteiger partial charge in [-0.05, 0) is 31.6 Å². The van der Waals surface area contributed by atoms with Crippen molar-refractivity contribution in [3.63, 3.8) is 0 Å². The van der Waals surface area contributed by atoms with Crippen molar-refractivity contribution in [2.75, 3.05) is 12.0 Å². The number of hydrogen-bond donors (Lipinski definition) is 2. The Morgan fingerprint density at radius 1 is 1.33 bits per heavy atom. The number of allylic oxidation sites excluding steroid dienone is 2. The lowest BCUT2D eigenvalue weighted by molar-refractivity contribution is 0.191. The summed E-state index contributed by atoms with van der Waals surface area (Å²) in [6, 6.07) is 0. The van der Waals surface area contributed by atoms with E-state index in [0.717, 1.165) is 24.2 Å². The van der Waals surface area contributed by atoms with E-state index in [1.807, 2.05) is 6.92 Å². The molecule has 2 atom stereocenters. The molecule has 0 aliphatic heterocycles. The van der Waals surface area contributed by atoms with E-state index in [2.05, 4.69) is 48.3 Å². The van der Waals surface area contributed by atoms with Crippen molar-refractivity contribution in [2.24, 2.45) is 17.7 Å². The van der Waals surface area contributed by atoms with Crippen molar-refractivity contribution in [2.45, 2.75) is 46.5 Å². The van der Waals surface area contributed by atoms with Crippen molar-refractivity contribution in [1.82, 2.24) is 9.97 Å². The van der Waals surface area contributed by atoms with Gasteiger partial charge in [-0.1, -0.05) is 32.9 Å². The number of hydrogen-bond acceptors (Lipinski definition) is 5. The van der Waals surface area contributed by atoms with Gasteiger partial charge < -0.3 is 10.2 Å². The van der Waals surface area contributed by atoms with Crippen LogP contribution in [-0.4, -0.2) is 16.6 Å². The highest BCUT2D eigenvalue weighted by molar-refractivity contribution is 5.47. The first-order chi connectivity index (χ1) is 10.0. The molecule has 0 aromatic carbocycles. The largest absolute Gasteiger partial charge is 0.477 e. The molecule has 1 aliphatic carbocycles. The summed E-state index contributed by atoms with van der Waals surface area (Å²) in [6.07, 6.45) is 6.70. The van der Waals surface area contributed by atoms with Crippen molar-refractivity contribution in [3.8, 4) is 5.88 Å². The maximum Gasteiger partial charge on any atom is 0.221 e. The normalized spacial score (nSPS) is 21.6. The van der Waals surface area contributed by atoms with Crippen LogP contribution >= 0.6 is 0 Å². The highest BCUT2D eigenvalue weighted by Crippen LogP contribution is 2.28. The molecule has 5 heteroatoms. The third-order valence-corrected chi connectivity index (χ3v) is 4.12. The Bertz CT molecular complexity index is 513. The van der Waals surface area contributed by atoms with Gasteiger partial charge in [0.15, 0.2) is 0 Å². The topological polar surface area (TPSA) is 73.1 Å². The number of nitrogens with zero attached hydrogens (tertiary/aromatic N) is 2. The molecule has 0 saturated carbocycles. The lowest BCUT2D eigenvalue weighted by Gasteiger charge is -2.25. The molecule has 2 unspecified atom stereocenters. The average molecular weight is 290 g/mol. The van der Waals surface area contributed by atoms with E-state index in [1.165, 1.54) is 0 Å². The number of rotatable bonds is 5. The maximum absolute atomic E-state index is 6.00. The quantitative estimate of drug-likeness (QED) is 0.495. The Labute approximate surface area is 127 Å². The van der Waals surface area contributed by atoms with Crippen LogP contribution in [-0.2, 0) is 0 Å². The number of hydrazine groups is 1. The van der Waals surface area contributed by atoms with Crippen LogP contribution in [0.1, 0.15) is 50.9 Å². The number of nitrogens with one attached hydrogen (secondary N) is 1. The Hall–Kier alpha value is -1.62. The van der Waals surface area contributed by atoms with E-state index in [4.69, 9.17) is 10.6 Å². The predicted octanol–water partition coefficient (Wildman–Crippen LogP) is 3.18. The molecule has 0 amide bonds. The van der Waals surface area contributed by atoms with Crippen LogP contribution in [0.2, 0.25) is 0 Å². The van der Waals surface area contributed by atoms with Gasteiger partial charge in [-0.15, -0.1) is 0 Å². The standard InChI is InChI=1S/C16H26N4O/c1-10(2)14-18-15(20-17)12(4)16(19-14)21-9-13-8-6-5-7-11(13)3/h5-6,10-11,13H,7-9,17H2,1-4H3,(H,18,19,20). The summed E-state index contributed by atoms with van der Waals surface area (Å²) in [4.78, 5) is 8.97. The van der Waals surface area contributed by atoms with Crippen molar-refractivity contribution in [3.05, 3.63) is 23.5 Å². The molecule has 3 N–H and O–H groups in total. The Morgan fingerprint density at radius 2 is 2.05 bits per heavy atom. The SMILES string of the molecule is Cc1c(NN)nc(C(C)C)nc1OCC1CC=CCC1C. The lowest BCUT2D eigenvalue weighted by Crippen LogP contribution is -2.22. The summed E-state index contributed by atoms with van der Waals surface area (Å²) in [7, 11) is 0. The van der Waals surface area contributed by atoms with E-state index >= 15 is 0 Å². The average Bonchev–Trinajstić information content (AvgIpc) is 2.47. The molecule has 0 saturated heterocycles. The maximum atomic E-state index is 6.00. The lowest BCUT2D eigenvalue weighted by atomic mass is 9.85. The minimum absolute atomic E-state index is 0.233. The molecule has 0 spiro atoms. The van der Waals surface area contributed by atoms with Gasteiger partial charge in [-0.3, -0.25) is 0 Å². The monoisotopic (exact) mass is 290 g/mol. The zero-order valence-electron chi connectivity index (χ0n) is 13.4. The molecule has 1 heterocycles. The van der Waals surface area contributed by atoms with Crippen LogP contribution in [0, 0.1) is 18.8 Å². The van der Waals surface area contributed by atoms with E-state index in [0.29, 0.717) is 30.1 Å². The summed E-state index contributed by atoms with van der Waals surface area (Å²) < 4.78 is 6.00. The molecular formula is C16H26N4O. The van der Waals surface area contributed by atoms with Crippen molar-refractivity contribution < 1.29 is 4.74 Å². The molecule has 0 bridgehead atoms. The number of nitrogens with two attached hydrogens (primary N) is 1. The van der Waals surface area contributed by atoms with E-state index in [9.17, 15) is 0 Å². The summed E-state index contributed by atoms with van der Waals surface area (Å²) in [5, 5.41) is 0. The first kappa shape index (κ1) is 15.8. The fourth-order valence-corrected chi connectivity index (χ4v) is 2.48. The minimum Gasteiger partial charge on any atom is -0.477 e. The van der Waals surface area contributed by atoms with Gasteiger partial charge in [0.1, 0.15) is 11.6 Å². The highest BCUT2D eigenvalue weighted by Gasteiger charge is 2.20. The number of anilines is 1. The van der Waals surface area contributed by atoms with Crippen LogP contribution in [0.25, 0.3) is 0 Å². The fourth-order valence-electron chi connectivity index (χ4n) is 2.48. The second kappa shape index (κ2) is 6.89. The van der Waals surface area contributed by atoms with Gasteiger partial charge in [0.2, 0.25) is 5.88 Å². The fraction of sp³-hybridized carbons (Fsp3) is 0.625. The number of ether oxygens (including phenoxy) is 1. The first-order valence-electron chi connectivity index (χ1n) is 7.65. The van der Waals surface area contributed by atoms with Gasteiger partial charge in [0, 0.05) is 5.92 Å². The molecule has 116 valence electrons. The molecule has 5 nitrogen and oxygen atoms in total. The van der Waals surface area contributed by atoms with Crippen LogP contribution < -0.4 is 16.0 Å². The zero-order chi connectivity index (χ0) is 15.4. The summed E-state index contributed by atoms with van der Waals surface area (Å²) in [5.74, 6) is 9.00. The van der Waals surface area contributed by atoms with E-state index in [1.54, 1.807) is 0 Å². The van der Waals surface area contributed by atoms with Crippen molar-refractivity contribution in [1.29, 1.82) is 0 Å². The molecule has 0 fully saturated rings. The number of aromatic nitrogens is 2. The van der Waals surface area contributed by atoms with Crippen LogP contribution in [0.15, 0.2) is 12.2 Å². The van der Waals surface area contributed by atoms with Crippen LogP contribution in [0.3, 0.4) is 0 Å². The van der Waals surface area contributed by atoms with E-state index in [-0.39, 0.29) is 5.92 Å². The molecule has 2 rings (SSSR count). The Balaban J connectivity index is 2.15. The second-order valence-electron chi connectivity index (χ2n) is 6.15. The van der Waals surface area contributed by atoms with Gasteiger partial charge in [-0.2, -0.15) is 4.98 Å². The molecular weight excluding hydrogens is 264 g/mol. The van der Waals surface area contributed by atoms with Crippen LogP contribution in [0.4, 0.5) is 5.82 Å². The summed E-state index contributed by atoms with van der Waals surface area (Å²) in [6.45, 7) is 9.01. The molecule has 1 aromatic heterocycles. The Kier molecular flexibility index (Phi) is 5.17. The molecule has 1 aliphatic rings. The molecule has 1 aromatic rings. The minimum atomic E-state index is 0.233.